The molecule has 1 aliphatic rings. The van der Waals surface area contributed by atoms with Crippen LogP contribution in [0.15, 0.2) is 5.16 Å². The molecule has 0 aliphatic carbocycles. The van der Waals surface area contributed by atoms with Gasteiger partial charge >= 0.3 is 5.97 Å². The number of aromatic amines is 1. The minimum atomic E-state index is -0.864. The number of ether oxygens (including phenoxy) is 1. The van der Waals surface area contributed by atoms with Gasteiger partial charge < -0.3 is 9.84 Å². The van der Waals surface area contributed by atoms with Crippen molar-refractivity contribution >= 4 is 17.7 Å². The number of hydrogen-bond donors (Lipinski definition) is 2. The largest absolute Gasteiger partial charge is 0.481 e. The van der Waals surface area contributed by atoms with Gasteiger partial charge in [0, 0.05) is 12.5 Å². The molecule has 1 aromatic rings. The molecule has 0 amide bonds. The summed E-state index contributed by atoms with van der Waals surface area (Å²) in [4.78, 5) is 14.6. The van der Waals surface area contributed by atoms with E-state index in [0.29, 0.717) is 11.8 Å². The maximum Gasteiger partial charge on any atom is 0.313 e. The SMILES string of the molecule is O=C(O)CSc1n[nH]c(C2CCCOC2)n1. The number of nitrogens with zero attached hydrogens (tertiary/aromatic N) is 2. The summed E-state index contributed by atoms with van der Waals surface area (Å²) in [5.74, 6) is 0.184. The van der Waals surface area contributed by atoms with Crippen LogP contribution in [0.2, 0.25) is 0 Å². The van der Waals surface area contributed by atoms with E-state index >= 15 is 0 Å². The molecular formula is C9H13N3O3S. The number of hydrogen-bond acceptors (Lipinski definition) is 5. The third-order valence-electron chi connectivity index (χ3n) is 2.35. The molecule has 1 atom stereocenters. The average molecular weight is 243 g/mol. The average Bonchev–Trinajstić information content (AvgIpc) is 2.76. The second-order valence-electron chi connectivity index (χ2n) is 3.60. The van der Waals surface area contributed by atoms with Gasteiger partial charge in [-0.1, -0.05) is 11.8 Å². The Morgan fingerprint density at radius 2 is 2.56 bits per heavy atom. The Morgan fingerprint density at radius 1 is 1.69 bits per heavy atom. The number of carboxylic acid groups (broad SMARTS) is 1. The molecule has 88 valence electrons. The molecular weight excluding hydrogens is 230 g/mol. The van der Waals surface area contributed by atoms with Crippen molar-refractivity contribution in [3.8, 4) is 0 Å². The fourth-order valence-corrected chi connectivity index (χ4v) is 2.11. The fraction of sp³-hybridized carbons (Fsp3) is 0.667. The Morgan fingerprint density at radius 3 is 3.25 bits per heavy atom. The zero-order valence-electron chi connectivity index (χ0n) is 8.68. The minimum Gasteiger partial charge on any atom is -0.481 e. The van der Waals surface area contributed by atoms with E-state index in [0.717, 1.165) is 37.0 Å². The Bertz CT molecular complexity index is 363. The van der Waals surface area contributed by atoms with Crippen molar-refractivity contribution in [1.82, 2.24) is 15.2 Å². The molecule has 16 heavy (non-hydrogen) atoms. The standard InChI is InChI=1S/C9H13N3O3S/c13-7(14)5-16-9-10-8(11-12-9)6-2-1-3-15-4-6/h6H,1-5H2,(H,13,14)(H,10,11,12). The van der Waals surface area contributed by atoms with E-state index in [4.69, 9.17) is 9.84 Å². The predicted octanol–water partition coefficient (Wildman–Crippen LogP) is 0.875. The summed E-state index contributed by atoms with van der Waals surface area (Å²) in [5.41, 5.74) is 0. The van der Waals surface area contributed by atoms with Crippen LogP contribution < -0.4 is 0 Å². The van der Waals surface area contributed by atoms with E-state index in [1.165, 1.54) is 0 Å². The van der Waals surface area contributed by atoms with Crippen LogP contribution >= 0.6 is 11.8 Å². The molecule has 0 aromatic carbocycles. The molecule has 0 radical (unpaired) electrons. The van der Waals surface area contributed by atoms with Gasteiger partial charge in [0.2, 0.25) is 5.16 Å². The minimum absolute atomic E-state index is 0.0154. The Labute approximate surface area is 96.8 Å². The van der Waals surface area contributed by atoms with Gasteiger partial charge in [-0.3, -0.25) is 9.89 Å². The van der Waals surface area contributed by atoms with Gasteiger partial charge in [-0.05, 0) is 12.8 Å². The molecule has 2 rings (SSSR count). The maximum atomic E-state index is 10.4. The summed E-state index contributed by atoms with van der Waals surface area (Å²) in [6.07, 6.45) is 2.07. The van der Waals surface area contributed by atoms with Crippen LogP contribution in [-0.4, -0.2) is 45.2 Å². The van der Waals surface area contributed by atoms with Crippen molar-refractivity contribution in [2.24, 2.45) is 0 Å². The quantitative estimate of drug-likeness (QED) is 0.763. The lowest BCUT2D eigenvalue weighted by atomic mass is 10.0. The summed E-state index contributed by atoms with van der Waals surface area (Å²) >= 11 is 1.12. The highest BCUT2D eigenvalue weighted by Crippen LogP contribution is 2.23. The molecule has 1 fully saturated rings. The number of rotatable bonds is 4. The fourth-order valence-electron chi connectivity index (χ4n) is 1.59. The number of carbonyl (C=O) groups is 1. The van der Waals surface area contributed by atoms with Gasteiger partial charge in [-0.2, -0.15) is 0 Å². The second-order valence-corrected chi connectivity index (χ2v) is 4.54. The van der Waals surface area contributed by atoms with E-state index in [9.17, 15) is 4.79 Å². The summed E-state index contributed by atoms with van der Waals surface area (Å²) in [6, 6.07) is 0. The smallest absolute Gasteiger partial charge is 0.313 e. The van der Waals surface area contributed by atoms with Crippen molar-refractivity contribution in [2.45, 2.75) is 23.9 Å². The molecule has 0 bridgehead atoms. The van der Waals surface area contributed by atoms with Crippen LogP contribution in [0.3, 0.4) is 0 Å². The maximum absolute atomic E-state index is 10.4. The van der Waals surface area contributed by atoms with Crippen LogP contribution in [0.5, 0.6) is 0 Å². The van der Waals surface area contributed by atoms with Crippen molar-refractivity contribution in [1.29, 1.82) is 0 Å². The van der Waals surface area contributed by atoms with E-state index in [1.54, 1.807) is 0 Å². The first-order valence-corrected chi connectivity index (χ1v) is 6.09. The first-order chi connectivity index (χ1) is 7.75. The van der Waals surface area contributed by atoms with E-state index in [1.807, 2.05) is 0 Å². The highest BCUT2D eigenvalue weighted by molar-refractivity contribution is 7.99. The summed E-state index contributed by atoms with van der Waals surface area (Å²) in [5, 5.41) is 15.8. The summed E-state index contributed by atoms with van der Waals surface area (Å²) in [7, 11) is 0. The first-order valence-electron chi connectivity index (χ1n) is 5.10. The van der Waals surface area contributed by atoms with Crippen LogP contribution in [-0.2, 0) is 9.53 Å². The second kappa shape index (κ2) is 5.31. The lowest BCUT2D eigenvalue weighted by Gasteiger charge is -2.19. The number of nitrogens with one attached hydrogen (secondary N) is 1. The normalized spacial score (nSPS) is 20.9. The summed E-state index contributed by atoms with van der Waals surface area (Å²) in [6.45, 7) is 1.48. The van der Waals surface area contributed by atoms with Crippen molar-refractivity contribution < 1.29 is 14.6 Å². The predicted molar refractivity (Wildman–Crippen MR) is 57.5 cm³/mol. The Kier molecular flexibility index (Phi) is 3.79. The van der Waals surface area contributed by atoms with Gasteiger partial charge in [0.1, 0.15) is 5.82 Å². The molecule has 1 aliphatic heterocycles. The third kappa shape index (κ3) is 2.96. The highest BCUT2D eigenvalue weighted by Gasteiger charge is 2.19. The number of H-pyrrole nitrogens is 1. The molecule has 1 aromatic heterocycles. The van der Waals surface area contributed by atoms with Crippen LogP contribution in [0.25, 0.3) is 0 Å². The Hall–Kier alpha value is -1.08. The van der Waals surface area contributed by atoms with E-state index in [2.05, 4.69) is 15.2 Å². The number of thioether (sulfide) groups is 1. The molecule has 2 N–H and O–H groups in total. The molecule has 0 spiro atoms. The van der Waals surface area contributed by atoms with Crippen LogP contribution in [0.1, 0.15) is 24.6 Å². The zero-order chi connectivity index (χ0) is 11.4. The summed E-state index contributed by atoms with van der Waals surface area (Å²) < 4.78 is 5.36. The molecule has 1 saturated heterocycles. The van der Waals surface area contributed by atoms with Crippen LogP contribution in [0.4, 0.5) is 0 Å². The lowest BCUT2D eigenvalue weighted by molar-refractivity contribution is -0.133. The number of aromatic nitrogens is 3. The first kappa shape index (κ1) is 11.4. The lowest BCUT2D eigenvalue weighted by Crippen LogP contribution is -2.16. The van der Waals surface area contributed by atoms with E-state index in [-0.39, 0.29) is 11.7 Å². The molecule has 1 unspecified atom stereocenters. The van der Waals surface area contributed by atoms with E-state index < -0.39 is 5.97 Å². The van der Waals surface area contributed by atoms with Gasteiger partial charge in [0.15, 0.2) is 0 Å². The molecule has 0 saturated carbocycles. The van der Waals surface area contributed by atoms with Gasteiger partial charge in [-0.15, -0.1) is 5.10 Å². The molecule has 7 heteroatoms. The number of aliphatic carboxylic acids is 1. The Balaban J connectivity index is 1.93. The van der Waals surface area contributed by atoms with Crippen molar-refractivity contribution in [2.75, 3.05) is 19.0 Å². The zero-order valence-corrected chi connectivity index (χ0v) is 9.50. The van der Waals surface area contributed by atoms with Gasteiger partial charge in [-0.25, -0.2) is 4.98 Å². The highest BCUT2D eigenvalue weighted by atomic mass is 32.2. The molecule has 2 heterocycles. The van der Waals surface area contributed by atoms with Crippen molar-refractivity contribution in [3.05, 3.63) is 5.82 Å². The topological polar surface area (TPSA) is 88.1 Å². The number of carboxylic acids is 1. The molecule has 6 nitrogen and oxygen atoms in total. The van der Waals surface area contributed by atoms with Gasteiger partial charge in [0.05, 0.1) is 12.4 Å². The third-order valence-corrected chi connectivity index (χ3v) is 3.19. The monoisotopic (exact) mass is 243 g/mol. The van der Waals surface area contributed by atoms with Crippen molar-refractivity contribution in [3.63, 3.8) is 0 Å². The van der Waals surface area contributed by atoms with Gasteiger partial charge in [0.25, 0.3) is 0 Å². The van der Waals surface area contributed by atoms with Crippen LogP contribution in [0, 0.1) is 0 Å².